The summed E-state index contributed by atoms with van der Waals surface area (Å²) in [5.41, 5.74) is 9.71. The van der Waals surface area contributed by atoms with Gasteiger partial charge in [-0.2, -0.15) is 0 Å². The van der Waals surface area contributed by atoms with Crippen LogP contribution in [0, 0.1) is 5.82 Å². The Bertz CT molecular complexity index is 642. The van der Waals surface area contributed by atoms with E-state index in [1.165, 1.54) is 23.3 Å². The first kappa shape index (κ1) is 15.0. The van der Waals surface area contributed by atoms with Crippen LogP contribution in [-0.4, -0.2) is 25.1 Å². The van der Waals surface area contributed by atoms with E-state index < -0.39 is 0 Å². The molecule has 116 valence electrons. The second-order valence-corrected chi connectivity index (χ2v) is 5.66. The van der Waals surface area contributed by atoms with E-state index in [1.54, 1.807) is 7.11 Å². The van der Waals surface area contributed by atoms with E-state index in [4.69, 9.17) is 10.5 Å². The molecule has 2 aromatic carbocycles. The Kier molecular flexibility index (Phi) is 4.41. The predicted octanol–water partition coefficient (Wildman–Crippen LogP) is 2.89. The van der Waals surface area contributed by atoms with Crippen LogP contribution < -0.4 is 10.5 Å². The molecule has 0 aromatic heterocycles. The van der Waals surface area contributed by atoms with Gasteiger partial charge in [0.15, 0.2) is 0 Å². The molecule has 1 atom stereocenters. The van der Waals surface area contributed by atoms with Gasteiger partial charge in [0, 0.05) is 25.7 Å². The Hall–Kier alpha value is -1.91. The third kappa shape index (κ3) is 2.98. The molecule has 0 bridgehead atoms. The lowest BCUT2D eigenvalue weighted by atomic mass is 10.0. The molecular weight excluding hydrogens is 279 g/mol. The number of ether oxygens (including phenoxy) is 1. The SMILES string of the molecule is COc1ccc2c(c1)C(CN)N(CCc1ccc(F)cc1)C2. The van der Waals surface area contributed by atoms with Crippen molar-refractivity contribution in [3.8, 4) is 5.75 Å². The molecule has 0 saturated heterocycles. The average Bonchev–Trinajstić information content (AvgIpc) is 2.90. The van der Waals surface area contributed by atoms with Crippen LogP contribution in [0.4, 0.5) is 4.39 Å². The van der Waals surface area contributed by atoms with Crippen molar-refractivity contribution in [3.05, 3.63) is 65.0 Å². The molecule has 3 nitrogen and oxygen atoms in total. The van der Waals surface area contributed by atoms with E-state index in [0.717, 1.165) is 30.8 Å². The lowest BCUT2D eigenvalue weighted by Crippen LogP contribution is -2.29. The first-order chi connectivity index (χ1) is 10.7. The van der Waals surface area contributed by atoms with Gasteiger partial charge in [-0.3, -0.25) is 4.90 Å². The third-order valence-electron chi connectivity index (χ3n) is 4.35. The van der Waals surface area contributed by atoms with Crippen molar-refractivity contribution in [3.63, 3.8) is 0 Å². The minimum Gasteiger partial charge on any atom is -0.497 e. The number of methoxy groups -OCH3 is 1. The van der Waals surface area contributed by atoms with Crippen LogP contribution in [0.15, 0.2) is 42.5 Å². The smallest absolute Gasteiger partial charge is 0.123 e. The van der Waals surface area contributed by atoms with Crippen LogP contribution in [0.2, 0.25) is 0 Å². The lowest BCUT2D eigenvalue weighted by Gasteiger charge is -2.23. The Labute approximate surface area is 130 Å². The van der Waals surface area contributed by atoms with Crippen LogP contribution in [0.25, 0.3) is 0 Å². The molecule has 3 rings (SSSR count). The zero-order valence-corrected chi connectivity index (χ0v) is 12.8. The molecule has 0 fully saturated rings. The van der Waals surface area contributed by atoms with Crippen molar-refractivity contribution in [2.75, 3.05) is 20.2 Å². The van der Waals surface area contributed by atoms with E-state index in [-0.39, 0.29) is 11.9 Å². The first-order valence-electron chi connectivity index (χ1n) is 7.56. The summed E-state index contributed by atoms with van der Waals surface area (Å²) < 4.78 is 18.3. The number of hydrogen-bond donors (Lipinski definition) is 1. The van der Waals surface area contributed by atoms with E-state index in [9.17, 15) is 4.39 Å². The molecule has 0 radical (unpaired) electrons. The largest absolute Gasteiger partial charge is 0.497 e. The third-order valence-corrected chi connectivity index (χ3v) is 4.35. The maximum absolute atomic E-state index is 13.0. The van der Waals surface area contributed by atoms with Gasteiger partial charge in [-0.05, 0) is 47.4 Å². The van der Waals surface area contributed by atoms with Crippen molar-refractivity contribution in [1.29, 1.82) is 0 Å². The lowest BCUT2D eigenvalue weighted by molar-refractivity contribution is 0.222. The number of hydrogen-bond acceptors (Lipinski definition) is 3. The highest BCUT2D eigenvalue weighted by atomic mass is 19.1. The van der Waals surface area contributed by atoms with Crippen LogP contribution in [0.3, 0.4) is 0 Å². The number of nitrogens with zero attached hydrogens (tertiary/aromatic N) is 1. The summed E-state index contributed by atoms with van der Waals surface area (Å²) in [5.74, 6) is 0.682. The van der Waals surface area contributed by atoms with Gasteiger partial charge in [-0.1, -0.05) is 18.2 Å². The summed E-state index contributed by atoms with van der Waals surface area (Å²) in [7, 11) is 1.68. The molecule has 22 heavy (non-hydrogen) atoms. The summed E-state index contributed by atoms with van der Waals surface area (Å²) in [6.07, 6.45) is 0.891. The van der Waals surface area contributed by atoms with E-state index >= 15 is 0 Å². The molecule has 0 saturated carbocycles. The predicted molar refractivity (Wildman–Crippen MR) is 85.3 cm³/mol. The number of nitrogens with two attached hydrogens (primary N) is 1. The van der Waals surface area contributed by atoms with Crippen molar-refractivity contribution < 1.29 is 9.13 Å². The molecule has 2 N–H and O–H groups in total. The number of benzene rings is 2. The average molecular weight is 300 g/mol. The molecule has 0 spiro atoms. The fraction of sp³-hybridized carbons (Fsp3) is 0.333. The summed E-state index contributed by atoms with van der Waals surface area (Å²) in [4.78, 5) is 2.38. The fourth-order valence-corrected chi connectivity index (χ4v) is 3.11. The quantitative estimate of drug-likeness (QED) is 0.923. The van der Waals surface area contributed by atoms with Crippen LogP contribution in [0.1, 0.15) is 22.7 Å². The summed E-state index contributed by atoms with van der Waals surface area (Å²) >= 11 is 0. The van der Waals surface area contributed by atoms with Crippen LogP contribution in [0.5, 0.6) is 5.75 Å². The van der Waals surface area contributed by atoms with Gasteiger partial charge >= 0.3 is 0 Å². The minimum absolute atomic E-state index is 0.191. The molecule has 0 amide bonds. The van der Waals surface area contributed by atoms with Crippen molar-refractivity contribution >= 4 is 0 Å². The van der Waals surface area contributed by atoms with Gasteiger partial charge in [0.2, 0.25) is 0 Å². The number of fused-ring (bicyclic) bond motifs is 1. The first-order valence-corrected chi connectivity index (χ1v) is 7.56. The van der Waals surface area contributed by atoms with E-state index in [0.29, 0.717) is 6.54 Å². The monoisotopic (exact) mass is 300 g/mol. The molecule has 1 heterocycles. The summed E-state index contributed by atoms with van der Waals surface area (Å²) in [6.45, 7) is 2.40. The van der Waals surface area contributed by atoms with Gasteiger partial charge in [0.25, 0.3) is 0 Å². The Morgan fingerprint density at radius 2 is 2.00 bits per heavy atom. The Balaban J connectivity index is 1.71. The van der Waals surface area contributed by atoms with Crippen molar-refractivity contribution in [2.24, 2.45) is 5.73 Å². The second-order valence-electron chi connectivity index (χ2n) is 5.66. The van der Waals surface area contributed by atoms with Crippen LogP contribution in [-0.2, 0) is 13.0 Å². The minimum atomic E-state index is -0.191. The fourth-order valence-electron chi connectivity index (χ4n) is 3.11. The molecule has 1 aliphatic rings. The summed E-state index contributed by atoms with van der Waals surface area (Å²) in [6, 6.07) is 13.2. The molecule has 2 aromatic rings. The molecule has 0 aliphatic carbocycles. The maximum atomic E-state index is 13.0. The Morgan fingerprint density at radius 1 is 1.23 bits per heavy atom. The van der Waals surface area contributed by atoms with Gasteiger partial charge in [0.1, 0.15) is 11.6 Å². The molecule has 1 unspecified atom stereocenters. The van der Waals surface area contributed by atoms with Crippen LogP contribution >= 0.6 is 0 Å². The standard InChI is InChI=1S/C18H21FN2O/c1-22-16-7-4-14-12-21(18(11-20)17(14)10-16)9-8-13-2-5-15(19)6-3-13/h2-7,10,18H,8-9,11-12,20H2,1H3. The van der Waals surface area contributed by atoms with E-state index in [2.05, 4.69) is 17.0 Å². The van der Waals surface area contributed by atoms with Gasteiger partial charge in [-0.25, -0.2) is 4.39 Å². The zero-order chi connectivity index (χ0) is 15.5. The number of halogens is 1. The van der Waals surface area contributed by atoms with Gasteiger partial charge in [-0.15, -0.1) is 0 Å². The Morgan fingerprint density at radius 3 is 2.68 bits per heavy atom. The van der Waals surface area contributed by atoms with Crippen molar-refractivity contribution in [1.82, 2.24) is 4.90 Å². The molecule has 1 aliphatic heterocycles. The van der Waals surface area contributed by atoms with Crippen molar-refractivity contribution in [2.45, 2.75) is 19.0 Å². The normalized spacial score (nSPS) is 17.5. The van der Waals surface area contributed by atoms with E-state index in [1.807, 2.05) is 18.2 Å². The highest BCUT2D eigenvalue weighted by Gasteiger charge is 2.29. The molecular formula is C18H21FN2O. The summed E-state index contributed by atoms with van der Waals surface area (Å²) in [5, 5.41) is 0. The molecule has 4 heteroatoms. The maximum Gasteiger partial charge on any atom is 0.123 e. The second kappa shape index (κ2) is 6.46. The van der Waals surface area contributed by atoms with Gasteiger partial charge < -0.3 is 10.5 Å². The highest BCUT2D eigenvalue weighted by molar-refractivity contribution is 5.40. The van der Waals surface area contributed by atoms with Gasteiger partial charge in [0.05, 0.1) is 7.11 Å². The number of rotatable bonds is 5. The zero-order valence-electron chi connectivity index (χ0n) is 12.8. The highest BCUT2D eigenvalue weighted by Crippen LogP contribution is 2.35. The topological polar surface area (TPSA) is 38.5 Å².